The van der Waals surface area contributed by atoms with E-state index in [1.54, 1.807) is 24.4 Å². The predicted octanol–water partition coefficient (Wildman–Crippen LogP) is 4.50. The first kappa shape index (κ1) is 30.6. The molecule has 212 valence electrons. The third-order valence-corrected chi connectivity index (χ3v) is 9.40. The van der Waals surface area contributed by atoms with E-state index in [1.807, 2.05) is 13.8 Å². The zero-order valence-electron chi connectivity index (χ0n) is 23.4. The van der Waals surface area contributed by atoms with Gasteiger partial charge in [0.25, 0.3) is 0 Å². The van der Waals surface area contributed by atoms with Gasteiger partial charge in [-0.25, -0.2) is 23.4 Å². The number of imidazole rings is 1. The largest absolute Gasteiger partial charge is 0.383 e. The van der Waals surface area contributed by atoms with Crippen LogP contribution in [0.4, 0.5) is 11.6 Å². The van der Waals surface area contributed by atoms with E-state index in [-0.39, 0.29) is 36.5 Å². The number of aromatic amines is 1. The van der Waals surface area contributed by atoms with Gasteiger partial charge in [0, 0.05) is 45.9 Å². The Morgan fingerprint density at radius 1 is 1.10 bits per heavy atom. The number of carbonyl (C=O) groups excluding carboxylic acids is 1. The fourth-order valence-electron chi connectivity index (χ4n) is 3.61. The summed E-state index contributed by atoms with van der Waals surface area (Å²) in [7, 11) is -3.55. The summed E-state index contributed by atoms with van der Waals surface area (Å²) < 4.78 is 38.8. The van der Waals surface area contributed by atoms with Gasteiger partial charge in [0.1, 0.15) is 12.4 Å². The van der Waals surface area contributed by atoms with E-state index >= 15 is 0 Å². The van der Waals surface area contributed by atoms with Crippen LogP contribution in [0.25, 0.3) is 11.4 Å². The zero-order valence-corrected chi connectivity index (χ0v) is 25.2. The quantitative estimate of drug-likeness (QED) is 0.116. The Morgan fingerprint density at radius 3 is 2.44 bits per heavy atom. The van der Waals surface area contributed by atoms with Crippen molar-refractivity contribution in [3.63, 3.8) is 0 Å². The molecule has 2 N–H and O–H groups in total. The van der Waals surface area contributed by atoms with E-state index < -0.39 is 18.1 Å². The molecule has 3 rings (SSSR count). The number of rotatable bonds is 15. The van der Waals surface area contributed by atoms with Crippen molar-refractivity contribution in [1.82, 2.24) is 24.2 Å². The lowest BCUT2D eigenvalue weighted by Crippen LogP contribution is -2.36. The number of anilines is 2. The first-order valence-electron chi connectivity index (χ1n) is 12.8. The Bertz CT molecular complexity index is 1340. The average molecular weight is 575 g/mol. The van der Waals surface area contributed by atoms with Crippen LogP contribution in [-0.2, 0) is 19.5 Å². The molecular weight excluding hydrogens is 536 g/mol. The predicted molar refractivity (Wildman–Crippen MR) is 154 cm³/mol. The molecule has 0 aliphatic heterocycles. The number of aromatic nitrogens is 4. The van der Waals surface area contributed by atoms with Crippen molar-refractivity contribution in [2.45, 2.75) is 50.3 Å². The molecule has 1 aromatic carbocycles. The van der Waals surface area contributed by atoms with Crippen LogP contribution in [0.5, 0.6) is 0 Å². The molecule has 0 spiro atoms. The molecule has 2 aromatic heterocycles. The minimum Gasteiger partial charge on any atom is -0.383 e. The number of hydrogen-bond acceptors (Lipinski definition) is 9. The molecule has 0 fully saturated rings. The van der Waals surface area contributed by atoms with Gasteiger partial charge >= 0.3 is 0 Å². The van der Waals surface area contributed by atoms with Gasteiger partial charge in [0.2, 0.25) is 16.0 Å². The minimum atomic E-state index is -3.79. The molecule has 2 heterocycles. The Labute approximate surface area is 231 Å². The van der Waals surface area contributed by atoms with Gasteiger partial charge in [-0.1, -0.05) is 33.5 Å². The maximum atomic E-state index is 13.3. The highest BCUT2D eigenvalue weighted by molar-refractivity contribution is 7.89. The Hall–Kier alpha value is -2.97. The van der Waals surface area contributed by atoms with Crippen molar-refractivity contribution in [3.05, 3.63) is 48.0 Å². The number of aldehydes is 1. The zero-order chi connectivity index (χ0) is 28.6. The number of hydrogen-bond donors (Lipinski definition) is 2. The smallest absolute Gasteiger partial charge is 0.245 e. The van der Waals surface area contributed by atoms with Crippen molar-refractivity contribution in [2.75, 3.05) is 38.9 Å². The van der Waals surface area contributed by atoms with Gasteiger partial charge in [-0.15, -0.1) is 0 Å². The van der Waals surface area contributed by atoms with Gasteiger partial charge in [0.05, 0.1) is 17.2 Å². The van der Waals surface area contributed by atoms with Crippen LogP contribution in [0.3, 0.4) is 0 Å². The number of H-pyrrole nitrogens is 1. The van der Waals surface area contributed by atoms with Crippen LogP contribution in [-0.4, -0.2) is 80.6 Å². The highest BCUT2D eigenvalue weighted by Crippen LogP contribution is 2.27. The average Bonchev–Trinajstić information content (AvgIpc) is 3.33. The molecule has 11 nitrogen and oxygen atoms in total. The van der Waals surface area contributed by atoms with E-state index in [1.165, 1.54) is 23.5 Å². The Balaban J connectivity index is 1.75. The number of nitrogens with one attached hydrogen (secondary N) is 2. The number of methoxy groups -OCH3 is 1. The molecule has 3 aromatic rings. The molecular formula is C26H38N6O5SSi. The first-order valence-corrected chi connectivity index (χ1v) is 17.9. The Morgan fingerprint density at radius 2 is 1.82 bits per heavy atom. The molecule has 0 unspecified atom stereocenters. The molecule has 0 saturated heterocycles. The molecule has 0 bridgehead atoms. The van der Waals surface area contributed by atoms with E-state index in [9.17, 15) is 13.2 Å². The molecule has 0 amide bonds. The summed E-state index contributed by atoms with van der Waals surface area (Å²) in [6.07, 6.45) is 2.26. The van der Waals surface area contributed by atoms with Gasteiger partial charge in [-0.3, -0.25) is 4.79 Å². The van der Waals surface area contributed by atoms with Gasteiger partial charge in [0.15, 0.2) is 12.1 Å². The lowest BCUT2D eigenvalue weighted by molar-refractivity contribution is 0.0660. The van der Waals surface area contributed by atoms with Crippen LogP contribution in [0, 0.1) is 0 Å². The molecule has 0 aliphatic carbocycles. The van der Waals surface area contributed by atoms with E-state index in [0.717, 1.165) is 11.7 Å². The normalized spacial score (nSPS) is 12.3. The number of benzene rings is 1. The number of sulfonamides is 1. The SMILES string of the molecule is COCCN(COCC[Si](C)(C)C)S(=O)(=O)c1ccc(Nc2nccc(-c3nc(C=O)[nH]c3C(C)C)n2)cc1. The molecule has 0 atom stereocenters. The third kappa shape index (κ3) is 8.50. The van der Waals surface area contributed by atoms with Crippen LogP contribution < -0.4 is 5.32 Å². The fourth-order valence-corrected chi connectivity index (χ4v) is 5.67. The molecule has 0 radical (unpaired) electrons. The van der Waals surface area contributed by atoms with E-state index in [0.29, 0.717) is 35.9 Å². The van der Waals surface area contributed by atoms with Gasteiger partial charge in [-0.05, 0) is 42.3 Å². The second-order valence-electron chi connectivity index (χ2n) is 10.6. The first-order chi connectivity index (χ1) is 18.4. The number of carbonyl (C=O) groups is 1. The Kier molecular flexibility index (Phi) is 10.5. The monoisotopic (exact) mass is 574 g/mol. The van der Waals surface area contributed by atoms with Crippen LogP contribution in [0.1, 0.15) is 36.1 Å². The van der Waals surface area contributed by atoms with Crippen molar-refractivity contribution in [2.24, 2.45) is 0 Å². The minimum absolute atomic E-state index is 0.0336. The fraction of sp³-hybridized carbons (Fsp3) is 0.462. The van der Waals surface area contributed by atoms with E-state index in [2.05, 4.69) is 44.9 Å². The van der Waals surface area contributed by atoms with Crippen molar-refractivity contribution in [1.29, 1.82) is 0 Å². The second kappa shape index (κ2) is 13.4. The van der Waals surface area contributed by atoms with Gasteiger partial charge in [-0.2, -0.15) is 4.31 Å². The van der Waals surface area contributed by atoms with Crippen LogP contribution in [0.2, 0.25) is 25.7 Å². The summed E-state index contributed by atoms with van der Waals surface area (Å²) in [6, 6.07) is 9.04. The summed E-state index contributed by atoms with van der Waals surface area (Å²) in [5.41, 5.74) is 2.56. The van der Waals surface area contributed by atoms with Crippen LogP contribution >= 0.6 is 0 Å². The maximum Gasteiger partial charge on any atom is 0.245 e. The summed E-state index contributed by atoms with van der Waals surface area (Å²) in [6.45, 7) is 11.7. The summed E-state index contributed by atoms with van der Waals surface area (Å²) in [4.78, 5) is 27.6. The molecule has 0 aliphatic rings. The van der Waals surface area contributed by atoms with Crippen molar-refractivity contribution >= 4 is 36.0 Å². The maximum absolute atomic E-state index is 13.3. The number of ether oxygens (including phenoxy) is 2. The highest BCUT2D eigenvalue weighted by atomic mass is 32.2. The highest BCUT2D eigenvalue weighted by Gasteiger charge is 2.25. The van der Waals surface area contributed by atoms with E-state index in [4.69, 9.17) is 9.47 Å². The molecule has 13 heteroatoms. The van der Waals surface area contributed by atoms with Gasteiger partial charge < -0.3 is 19.8 Å². The topological polar surface area (TPSA) is 139 Å². The summed E-state index contributed by atoms with van der Waals surface area (Å²) >= 11 is 0. The van der Waals surface area contributed by atoms with Crippen molar-refractivity contribution < 1.29 is 22.7 Å². The molecule has 39 heavy (non-hydrogen) atoms. The molecule has 0 saturated carbocycles. The van der Waals surface area contributed by atoms with Crippen LogP contribution in [0.15, 0.2) is 41.4 Å². The number of nitrogens with zero attached hydrogens (tertiary/aromatic N) is 4. The summed E-state index contributed by atoms with van der Waals surface area (Å²) in [5.74, 6) is 0.655. The standard InChI is InChI=1S/C26H38N6O5SSi/c1-19(2)24-25(31-23(17-33)30-24)22-11-12-27-26(29-22)28-20-7-9-21(10-8-20)38(34,35)32(13-14-36-3)18-37-15-16-39(4,5)6/h7-12,17,19H,13-16,18H2,1-6H3,(H,30,31)(H,27,28,29). The van der Waals surface area contributed by atoms with Crippen molar-refractivity contribution in [3.8, 4) is 11.4 Å². The lowest BCUT2D eigenvalue weighted by Gasteiger charge is -2.23. The summed E-state index contributed by atoms with van der Waals surface area (Å²) in [5, 5.41) is 3.10. The lowest BCUT2D eigenvalue weighted by atomic mass is 10.1. The third-order valence-electron chi connectivity index (χ3n) is 5.86. The second-order valence-corrected chi connectivity index (χ2v) is 18.2.